The van der Waals surface area contributed by atoms with Crippen LogP contribution in [0.15, 0.2) is 24.3 Å². The lowest BCUT2D eigenvalue weighted by molar-refractivity contribution is -0.125. The number of primary amides is 2. The molecule has 1 aromatic carbocycles. The van der Waals surface area contributed by atoms with E-state index in [0.29, 0.717) is 23.5 Å². The molecule has 4 rings (SSSR count). The Hall–Kier alpha value is -2.71. The molecule has 2 aliphatic rings. The van der Waals surface area contributed by atoms with Gasteiger partial charge < -0.3 is 16.8 Å². The third kappa shape index (κ3) is 3.41. The van der Waals surface area contributed by atoms with Crippen LogP contribution in [0.4, 0.5) is 5.00 Å². The lowest BCUT2D eigenvalue weighted by atomic mass is 9.93. The summed E-state index contributed by atoms with van der Waals surface area (Å²) in [6.07, 6.45) is 3.21. The first-order valence-electron chi connectivity index (χ1n) is 9.28. The number of amides is 3. The van der Waals surface area contributed by atoms with E-state index in [1.54, 1.807) is 4.90 Å². The van der Waals surface area contributed by atoms with E-state index in [2.05, 4.69) is 5.32 Å². The zero-order chi connectivity index (χ0) is 19.8. The molecule has 28 heavy (non-hydrogen) atoms. The summed E-state index contributed by atoms with van der Waals surface area (Å²) >= 11 is 1.42. The quantitative estimate of drug-likeness (QED) is 0.701. The molecule has 1 aromatic heterocycles. The third-order valence-electron chi connectivity index (χ3n) is 5.44. The number of nitrogens with zero attached hydrogens (tertiary/aromatic N) is 1. The number of carbonyl (C=O) groups excluding carboxylic acids is 3. The minimum atomic E-state index is -0.537. The van der Waals surface area contributed by atoms with Crippen molar-refractivity contribution in [2.75, 3.05) is 11.9 Å². The summed E-state index contributed by atoms with van der Waals surface area (Å²) in [5.41, 5.74) is 14.7. The van der Waals surface area contributed by atoms with E-state index in [9.17, 15) is 14.4 Å². The molecule has 0 saturated carbocycles. The second-order valence-electron chi connectivity index (χ2n) is 7.27. The summed E-state index contributed by atoms with van der Waals surface area (Å²) in [5.74, 6) is -1.25. The summed E-state index contributed by atoms with van der Waals surface area (Å²) in [5, 5.41) is 3.35. The van der Waals surface area contributed by atoms with Crippen LogP contribution in [0.5, 0.6) is 0 Å². The lowest BCUT2D eigenvalue weighted by Crippen LogP contribution is -2.50. The number of rotatable bonds is 5. The van der Waals surface area contributed by atoms with Crippen molar-refractivity contribution in [3.63, 3.8) is 0 Å². The molecule has 2 heterocycles. The number of thiophene rings is 1. The van der Waals surface area contributed by atoms with E-state index in [1.807, 2.05) is 24.3 Å². The molecule has 8 heteroatoms. The highest BCUT2D eigenvalue weighted by molar-refractivity contribution is 7.17. The van der Waals surface area contributed by atoms with Gasteiger partial charge in [0.1, 0.15) is 5.00 Å². The molecule has 0 bridgehead atoms. The van der Waals surface area contributed by atoms with Gasteiger partial charge in [0.25, 0.3) is 5.91 Å². The lowest BCUT2D eigenvalue weighted by Gasteiger charge is -2.34. The van der Waals surface area contributed by atoms with Crippen LogP contribution in [0, 0.1) is 0 Å². The number of hydrogen-bond acceptors (Lipinski definition) is 5. The van der Waals surface area contributed by atoms with Crippen molar-refractivity contribution in [3.8, 4) is 0 Å². The predicted octanol–water partition coefficient (Wildman–Crippen LogP) is 1.19. The van der Waals surface area contributed by atoms with E-state index in [1.165, 1.54) is 11.3 Å². The van der Waals surface area contributed by atoms with Gasteiger partial charge in [-0.15, -0.1) is 11.3 Å². The zero-order valence-corrected chi connectivity index (χ0v) is 16.2. The molecule has 0 unspecified atom stereocenters. The number of hydrogen-bond donors (Lipinski definition) is 3. The Morgan fingerprint density at radius 3 is 2.61 bits per heavy atom. The molecule has 5 N–H and O–H groups in total. The van der Waals surface area contributed by atoms with E-state index in [-0.39, 0.29) is 12.5 Å². The van der Waals surface area contributed by atoms with Gasteiger partial charge in [-0.3, -0.25) is 19.3 Å². The van der Waals surface area contributed by atoms with Crippen molar-refractivity contribution in [1.29, 1.82) is 0 Å². The van der Waals surface area contributed by atoms with Crippen molar-refractivity contribution >= 4 is 34.1 Å². The molecule has 0 saturated heterocycles. The van der Waals surface area contributed by atoms with Crippen LogP contribution in [0.1, 0.15) is 38.3 Å². The molecule has 3 amide bonds. The summed E-state index contributed by atoms with van der Waals surface area (Å²) in [4.78, 5) is 39.5. The normalized spacial score (nSPS) is 18.4. The predicted molar refractivity (Wildman–Crippen MR) is 107 cm³/mol. The van der Waals surface area contributed by atoms with Gasteiger partial charge in [0.15, 0.2) is 0 Å². The van der Waals surface area contributed by atoms with Gasteiger partial charge in [-0.1, -0.05) is 24.3 Å². The average Bonchev–Trinajstić information content (AvgIpc) is 3.21. The summed E-state index contributed by atoms with van der Waals surface area (Å²) < 4.78 is 0. The van der Waals surface area contributed by atoms with Gasteiger partial charge in [-0.25, -0.2) is 0 Å². The minimum Gasteiger partial charge on any atom is -0.368 e. The van der Waals surface area contributed by atoms with E-state index in [4.69, 9.17) is 11.5 Å². The van der Waals surface area contributed by atoms with Crippen LogP contribution in [0.2, 0.25) is 0 Å². The monoisotopic (exact) mass is 398 g/mol. The van der Waals surface area contributed by atoms with E-state index < -0.39 is 17.9 Å². The first kappa shape index (κ1) is 18.6. The molecular formula is C20H22N4O3S. The van der Waals surface area contributed by atoms with Crippen LogP contribution < -0.4 is 16.8 Å². The van der Waals surface area contributed by atoms with Gasteiger partial charge in [0.05, 0.1) is 18.2 Å². The topological polar surface area (TPSA) is 119 Å². The SMILES string of the molecule is NC(=O)c1c(NC(=O)CN2Cc3ccccc3C[C@H]2C(N)=O)sc2c1CCC2. The standard InChI is InChI=1S/C20H22N4O3S/c21-18(26)14-8-11-4-1-2-5-12(11)9-24(14)10-16(25)23-20-17(19(22)27)13-6-3-7-15(13)28-20/h1-2,4-5,14H,3,6-10H2,(H2,21,26)(H2,22,27)(H,23,25)/t14-/m0/s1. The third-order valence-corrected chi connectivity index (χ3v) is 6.65. The van der Waals surface area contributed by atoms with Crippen LogP contribution in [-0.2, 0) is 35.4 Å². The second-order valence-corrected chi connectivity index (χ2v) is 8.38. The summed E-state index contributed by atoms with van der Waals surface area (Å²) in [6.45, 7) is 0.490. The van der Waals surface area contributed by atoms with Gasteiger partial charge in [0, 0.05) is 11.4 Å². The molecular weight excluding hydrogens is 376 g/mol. The second kappa shape index (κ2) is 7.37. The van der Waals surface area contributed by atoms with Gasteiger partial charge in [-0.05, 0) is 42.4 Å². The number of nitrogens with one attached hydrogen (secondary N) is 1. The van der Waals surface area contributed by atoms with Crippen LogP contribution in [0.25, 0.3) is 0 Å². The van der Waals surface area contributed by atoms with Crippen LogP contribution in [-0.4, -0.2) is 35.2 Å². The van der Waals surface area contributed by atoms with Gasteiger partial charge >= 0.3 is 0 Å². The highest BCUT2D eigenvalue weighted by Crippen LogP contribution is 2.38. The first-order chi connectivity index (χ1) is 13.4. The van der Waals surface area contributed by atoms with Crippen molar-refractivity contribution in [3.05, 3.63) is 51.4 Å². The van der Waals surface area contributed by atoms with Crippen LogP contribution in [0.3, 0.4) is 0 Å². The number of fused-ring (bicyclic) bond motifs is 2. The Morgan fingerprint density at radius 2 is 1.89 bits per heavy atom. The molecule has 1 atom stereocenters. The van der Waals surface area contributed by atoms with Crippen molar-refractivity contribution in [2.45, 2.75) is 38.3 Å². The average molecular weight is 398 g/mol. The highest BCUT2D eigenvalue weighted by Gasteiger charge is 2.32. The maximum atomic E-state index is 12.7. The Morgan fingerprint density at radius 1 is 1.14 bits per heavy atom. The molecule has 0 fully saturated rings. The number of benzene rings is 1. The Kier molecular flexibility index (Phi) is 4.91. The molecule has 2 aromatic rings. The highest BCUT2D eigenvalue weighted by atomic mass is 32.1. The summed E-state index contributed by atoms with van der Waals surface area (Å²) in [7, 11) is 0. The van der Waals surface area contributed by atoms with Gasteiger partial charge in [0.2, 0.25) is 11.8 Å². The molecule has 146 valence electrons. The van der Waals surface area contributed by atoms with E-state index >= 15 is 0 Å². The number of anilines is 1. The van der Waals surface area contributed by atoms with E-state index in [0.717, 1.165) is 40.8 Å². The maximum absolute atomic E-state index is 12.7. The summed E-state index contributed by atoms with van der Waals surface area (Å²) in [6, 6.07) is 7.31. The smallest absolute Gasteiger partial charge is 0.251 e. The maximum Gasteiger partial charge on any atom is 0.251 e. The molecule has 7 nitrogen and oxygen atoms in total. The zero-order valence-electron chi connectivity index (χ0n) is 15.4. The fourth-order valence-corrected chi connectivity index (χ4v) is 5.44. The number of nitrogens with two attached hydrogens (primary N) is 2. The first-order valence-corrected chi connectivity index (χ1v) is 10.1. The van der Waals surface area contributed by atoms with Crippen LogP contribution >= 0.6 is 11.3 Å². The molecule has 0 radical (unpaired) electrons. The fraction of sp³-hybridized carbons (Fsp3) is 0.350. The van der Waals surface area contributed by atoms with Crippen molar-refractivity contribution in [1.82, 2.24) is 4.90 Å². The number of carbonyl (C=O) groups is 3. The van der Waals surface area contributed by atoms with Gasteiger partial charge in [-0.2, -0.15) is 0 Å². The molecule has 0 spiro atoms. The Bertz CT molecular complexity index is 968. The fourth-order valence-electron chi connectivity index (χ4n) is 4.13. The molecule has 1 aliphatic heterocycles. The number of aryl methyl sites for hydroxylation is 1. The largest absolute Gasteiger partial charge is 0.368 e. The Labute approximate surface area is 166 Å². The molecule has 1 aliphatic carbocycles. The van der Waals surface area contributed by atoms with Crippen molar-refractivity contribution < 1.29 is 14.4 Å². The Balaban J connectivity index is 1.52. The minimum absolute atomic E-state index is 0.0166. The van der Waals surface area contributed by atoms with Crippen molar-refractivity contribution in [2.24, 2.45) is 11.5 Å².